The van der Waals surface area contributed by atoms with Gasteiger partial charge in [-0.25, -0.2) is 0 Å². The lowest BCUT2D eigenvalue weighted by Crippen LogP contribution is -2.18. The molecule has 1 aliphatic rings. The normalized spacial score (nSPS) is 20.1. The Kier molecular flexibility index (Phi) is 5.27. The molecule has 0 spiro atoms. The van der Waals surface area contributed by atoms with Crippen molar-refractivity contribution in [3.8, 4) is 5.75 Å². The fourth-order valence-corrected chi connectivity index (χ4v) is 3.31. The van der Waals surface area contributed by atoms with E-state index in [1.807, 2.05) is 0 Å². The monoisotopic (exact) mass is 290 g/mol. The van der Waals surface area contributed by atoms with Gasteiger partial charge < -0.3 is 9.47 Å². The number of carbonyl (C=O) groups is 1. The van der Waals surface area contributed by atoms with Gasteiger partial charge >= 0.3 is 5.97 Å². The topological polar surface area (TPSA) is 35.5 Å². The SMILES string of the molecule is COc1ccc2c(c1)CC[C@]2(C)CCCCCOC(C)=O. The molecule has 0 aromatic heterocycles. The zero-order valence-electron chi connectivity index (χ0n) is 13.4. The minimum Gasteiger partial charge on any atom is -0.497 e. The lowest BCUT2D eigenvalue weighted by Gasteiger charge is -2.25. The van der Waals surface area contributed by atoms with Crippen LogP contribution in [0.4, 0.5) is 0 Å². The average Bonchev–Trinajstić information content (AvgIpc) is 2.79. The molecule has 0 N–H and O–H groups in total. The van der Waals surface area contributed by atoms with Crippen molar-refractivity contribution in [3.05, 3.63) is 29.3 Å². The first-order valence-corrected chi connectivity index (χ1v) is 7.86. The van der Waals surface area contributed by atoms with Crippen molar-refractivity contribution in [1.82, 2.24) is 0 Å². The third-order valence-corrected chi connectivity index (χ3v) is 4.59. The summed E-state index contributed by atoms with van der Waals surface area (Å²) in [7, 11) is 1.72. The maximum atomic E-state index is 10.7. The van der Waals surface area contributed by atoms with E-state index in [9.17, 15) is 4.79 Å². The quantitative estimate of drug-likeness (QED) is 0.562. The largest absolute Gasteiger partial charge is 0.497 e. The molecule has 0 radical (unpaired) electrons. The van der Waals surface area contributed by atoms with Crippen LogP contribution in [0.5, 0.6) is 5.75 Å². The Balaban J connectivity index is 1.83. The minimum atomic E-state index is -0.180. The molecule has 21 heavy (non-hydrogen) atoms. The van der Waals surface area contributed by atoms with E-state index in [1.165, 1.54) is 37.3 Å². The maximum absolute atomic E-state index is 10.7. The molecular weight excluding hydrogens is 264 g/mol. The second-order valence-corrected chi connectivity index (χ2v) is 6.23. The lowest BCUT2D eigenvalue weighted by molar-refractivity contribution is -0.141. The highest BCUT2D eigenvalue weighted by Gasteiger charge is 2.33. The highest BCUT2D eigenvalue weighted by Crippen LogP contribution is 2.43. The molecule has 1 aromatic carbocycles. The lowest BCUT2D eigenvalue weighted by atomic mass is 9.79. The molecule has 1 atom stereocenters. The van der Waals surface area contributed by atoms with Crippen LogP contribution >= 0.6 is 0 Å². The fourth-order valence-electron chi connectivity index (χ4n) is 3.31. The van der Waals surface area contributed by atoms with Gasteiger partial charge in [0.15, 0.2) is 0 Å². The molecule has 116 valence electrons. The average molecular weight is 290 g/mol. The predicted octanol–water partition coefficient (Wildman–Crippen LogP) is 4.02. The van der Waals surface area contributed by atoms with Gasteiger partial charge in [-0.2, -0.15) is 0 Å². The van der Waals surface area contributed by atoms with Gasteiger partial charge in [-0.1, -0.05) is 25.8 Å². The van der Waals surface area contributed by atoms with E-state index in [1.54, 1.807) is 7.11 Å². The Labute approximate surface area is 127 Å². The summed E-state index contributed by atoms with van der Waals surface area (Å²) in [5.74, 6) is 0.778. The van der Waals surface area contributed by atoms with Crippen LogP contribution in [0.1, 0.15) is 57.1 Å². The zero-order chi connectivity index (χ0) is 15.3. The Morgan fingerprint density at radius 2 is 2.10 bits per heavy atom. The molecule has 3 heteroatoms. The Bertz CT molecular complexity index is 495. The van der Waals surface area contributed by atoms with Gasteiger partial charge in [0.25, 0.3) is 0 Å². The summed E-state index contributed by atoms with van der Waals surface area (Å²) in [4.78, 5) is 10.7. The molecule has 0 amide bonds. The second kappa shape index (κ2) is 6.97. The van der Waals surface area contributed by atoms with E-state index in [0.717, 1.165) is 25.0 Å². The van der Waals surface area contributed by atoms with E-state index in [2.05, 4.69) is 25.1 Å². The van der Waals surface area contributed by atoms with Crippen LogP contribution < -0.4 is 4.74 Å². The van der Waals surface area contributed by atoms with E-state index in [0.29, 0.717) is 12.0 Å². The van der Waals surface area contributed by atoms with Crippen LogP contribution in [-0.4, -0.2) is 19.7 Å². The highest BCUT2D eigenvalue weighted by atomic mass is 16.5. The van der Waals surface area contributed by atoms with Crippen molar-refractivity contribution in [1.29, 1.82) is 0 Å². The van der Waals surface area contributed by atoms with Crippen LogP contribution in [-0.2, 0) is 21.4 Å². The molecule has 0 aliphatic heterocycles. The summed E-state index contributed by atoms with van der Waals surface area (Å²) in [6.45, 7) is 4.39. The van der Waals surface area contributed by atoms with Crippen molar-refractivity contribution in [2.24, 2.45) is 0 Å². The number of fused-ring (bicyclic) bond motifs is 1. The molecule has 0 saturated heterocycles. The third kappa shape index (κ3) is 3.99. The van der Waals surface area contributed by atoms with Crippen molar-refractivity contribution in [2.45, 2.75) is 57.8 Å². The Hall–Kier alpha value is -1.51. The van der Waals surface area contributed by atoms with E-state index in [-0.39, 0.29) is 5.97 Å². The predicted molar refractivity (Wildman–Crippen MR) is 83.8 cm³/mol. The van der Waals surface area contributed by atoms with Crippen LogP contribution in [0.25, 0.3) is 0 Å². The van der Waals surface area contributed by atoms with E-state index in [4.69, 9.17) is 9.47 Å². The Morgan fingerprint density at radius 1 is 1.29 bits per heavy atom. The third-order valence-electron chi connectivity index (χ3n) is 4.59. The number of unbranched alkanes of at least 4 members (excludes halogenated alkanes) is 2. The molecule has 0 bridgehead atoms. The van der Waals surface area contributed by atoms with Crippen LogP contribution in [0.2, 0.25) is 0 Å². The number of hydrogen-bond donors (Lipinski definition) is 0. The van der Waals surface area contributed by atoms with Gasteiger partial charge in [-0.15, -0.1) is 0 Å². The first-order chi connectivity index (χ1) is 10.0. The number of benzene rings is 1. The van der Waals surface area contributed by atoms with E-state index >= 15 is 0 Å². The van der Waals surface area contributed by atoms with Crippen LogP contribution in [0.3, 0.4) is 0 Å². The first-order valence-electron chi connectivity index (χ1n) is 7.86. The number of ether oxygens (including phenoxy) is 2. The number of esters is 1. The van der Waals surface area contributed by atoms with Gasteiger partial charge in [0.05, 0.1) is 13.7 Å². The minimum absolute atomic E-state index is 0.180. The van der Waals surface area contributed by atoms with E-state index < -0.39 is 0 Å². The standard InChI is InChI=1S/C18H26O3/c1-14(19)21-12-6-4-5-10-18(2)11-9-15-13-16(20-3)7-8-17(15)18/h7-8,13H,4-6,9-12H2,1-3H3/t18-/m0/s1. The number of hydrogen-bond acceptors (Lipinski definition) is 3. The Morgan fingerprint density at radius 3 is 2.81 bits per heavy atom. The molecule has 2 rings (SSSR count). The molecule has 0 unspecified atom stereocenters. The molecule has 0 saturated carbocycles. The fraction of sp³-hybridized carbons (Fsp3) is 0.611. The highest BCUT2D eigenvalue weighted by molar-refractivity contribution is 5.65. The molecular formula is C18H26O3. The van der Waals surface area contributed by atoms with Gasteiger partial charge in [0.1, 0.15) is 5.75 Å². The summed E-state index contributed by atoms with van der Waals surface area (Å²) in [5.41, 5.74) is 3.23. The van der Waals surface area contributed by atoms with Crippen LogP contribution in [0.15, 0.2) is 18.2 Å². The van der Waals surface area contributed by atoms with Crippen molar-refractivity contribution >= 4 is 5.97 Å². The summed E-state index contributed by atoms with van der Waals surface area (Å²) >= 11 is 0. The van der Waals surface area contributed by atoms with Gasteiger partial charge in [0, 0.05) is 6.92 Å². The second-order valence-electron chi connectivity index (χ2n) is 6.23. The summed E-state index contributed by atoms with van der Waals surface area (Å²) < 4.78 is 10.3. The molecule has 3 nitrogen and oxygen atoms in total. The molecule has 1 aliphatic carbocycles. The zero-order valence-corrected chi connectivity index (χ0v) is 13.4. The van der Waals surface area contributed by atoms with Crippen LogP contribution in [0, 0.1) is 0 Å². The summed E-state index contributed by atoms with van der Waals surface area (Å²) in [6.07, 6.45) is 6.84. The van der Waals surface area contributed by atoms with Crippen molar-refractivity contribution < 1.29 is 14.3 Å². The van der Waals surface area contributed by atoms with Gasteiger partial charge in [0.2, 0.25) is 0 Å². The van der Waals surface area contributed by atoms with Crippen molar-refractivity contribution in [2.75, 3.05) is 13.7 Å². The number of rotatable bonds is 7. The van der Waals surface area contributed by atoms with Gasteiger partial charge in [-0.05, 0) is 54.4 Å². The molecule has 0 fully saturated rings. The van der Waals surface area contributed by atoms with Crippen molar-refractivity contribution in [3.63, 3.8) is 0 Å². The number of carbonyl (C=O) groups excluding carboxylic acids is 1. The smallest absolute Gasteiger partial charge is 0.302 e. The van der Waals surface area contributed by atoms with Gasteiger partial charge in [-0.3, -0.25) is 4.79 Å². The molecule has 1 aromatic rings. The summed E-state index contributed by atoms with van der Waals surface area (Å²) in [5, 5.41) is 0. The number of methoxy groups -OCH3 is 1. The summed E-state index contributed by atoms with van der Waals surface area (Å²) in [6, 6.07) is 6.49. The number of aryl methyl sites for hydroxylation is 1. The maximum Gasteiger partial charge on any atom is 0.302 e. The first kappa shape index (κ1) is 15.9. The molecule has 0 heterocycles.